The quantitative estimate of drug-likeness (QED) is 0.751. The molecule has 0 saturated carbocycles. The average Bonchev–Trinajstić information content (AvgIpc) is 2.54. The summed E-state index contributed by atoms with van der Waals surface area (Å²) in [6.45, 7) is 6.97. The number of nitrogens with one attached hydrogen (secondary N) is 1. The standard InChI is InChI=1S/C11H20N2O2/c1-4-10(5-6-14)12-7-11-8(2)13-15-9(11)3/h10,12,14H,4-7H2,1-3H3. The van der Waals surface area contributed by atoms with Crippen LogP contribution in [0.3, 0.4) is 0 Å². The van der Waals surface area contributed by atoms with Gasteiger partial charge >= 0.3 is 0 Å². The van der Waals surface area contributed by atoms with Gasteiger partial charge in [-0.25, -0.2) is 0 Å². The molecular formula is C11H20N2O2. The van der Waals surface area contributed by atoms with Crippen LogP contribution in [0.15, 0.2) is 4.52 Å². The Kier molecular flexibility index (Phi) is 4.78. The fourth-order valence-electron chi connectivity index (χ4n) is 1.61. The van der Waals surface area contributed by atoms with E-state index in [1.807, 2.05) is 13.8 Å². The predicted octanol–water partition coefficient (Wildman–Crippen LogP) is 1.54. The number of aliphatic hydroxyl groups is 1. The maximum absolute atomic E-state index is 8.86. The average molecular weight is 212 g/mol. The molecular weight excluding hydrogens is 192 g/mol. The summed E-state index contributed by atoms with van der Waals surface area (Å²) in [5.74, 6) is 0.874. The van der Waals surface area contributed by atoms with E-state index in [0.29, 0.717) is 6.04 Å². The van der Waals surface area contributed by atoms with Gasteiger partial charge in [0.05, 0.1) is 5.69 Å². The lowest BCUT2D eigenvalue weighted by atomic mass is 10.1. The summed E-state index contributed by atoms with van der Waals surface area (Å²) in [6, 6.07) is 0.365. The van der Waals surface area contributed by atoms with Crippen LogP contribution in [0.2, 0.25) is 0 Å². The minimum absolute atomic E-state index is 0.229. The maximum atomic E-state index is 8.86. The molecule has 15 heavy (non-hydrogen) atoms. The van der Waals surface area contributed by atoms with E-state index in [2.05, 4.69) is 17.4 Å². The second kappa shape index (κ2) is 5.88. The number of hydrogen-bond donors (Lipinski definition) is 2. The van der Waals surface area contributed by atoms with Gasteiger partial charge in [0.15, 0.2) is 0 Å². The summed E-state index contributed by atoms with van der Waals surface area (Å²) in [4.78, 5) is 0. The van der Waals surface area contributed by atoms with Crippen LogP contribution in [0.1, 0.15) is 36.8 Å². The van der Waals surface area contributed by atoms with Crippen LogP contribution >= 0.6 is 0 Å². The molecule has 0 radical (unpaired) electrons. The third-order valence-electron chi connectivity index (χ3n) is 2.72. The van der Waals surface area contributed by atoms with E-state index in [9.17, 15) is 0 Å². The van der Waals surface area contributed by atoms with Crippen LogP contribution in [0.25, 0.3) is 0 Å². The number of rotatable bonds is 6. The highest BCUT2D eigenvalue weighted by atomic mass is 16.5. The maximum Gasteiger partial charge on any atom is 0.138 e. The summed E-state index contributed by atoms with van der Waals surface area (Å²) in [5, 5.41) is 16.2. The van der Waals surface area contributed by atoms with E-state index in [0.717, 1.165) is 36.4 Å². The number of hydrogen-bond acceptors (Lipinski definition) is 4. The van der Waals surface area contributed by atoms with Gasteiger partial charge in [0.25, 0.3) is 0 Å². The fraction of sp³-hybridized carbons (Fsp3) is 0.727. The van der Waals surface area contributed by atoms with Crippen LogP contribution in [0, 0.1) is 13.8 Å². The third kappa shape index (κ3) is 3.32. The van der Waals surface area contributed by atoms with E-state index < -0.39 is 0 Å². The Morgan fingerprint density at radius 3 is 2.67 bits per heavy atom. The Morgan fingerprint density at radius 2 is 2.20 bits per heavy atom. The molecule has 1 rings (SSSR count). The van der Waals surface area contributed by atoms with Crippen molar-refractivity contribution >= 4 is 0 Å². The van der Waals surface area contributed by atoms with Crippen molar-refractivity contribution in [2.45, 2.75) is 46.2 Å². The lowest BCUT2D eigenvalue weighted by Gasteiger charge is -2.15. The minimum atomic E-state index is 0.229. The molecule has 0 saturated heterocycles. The molecule has 1 atom stereocenters. The van der Waals surface area contributed by atoms with Gasteiger partial charge in [-0.3, -0.25) is 0 Å². The highest BCUT2D eigenvalue weighted by Gasteiger charge is 2.11. The first-order valence-electron chi connectivity index (χ1n) is 5.45. The molecule has 86 valence electrons. The van der Waals surface area contributed by atoms with Crippen molar-refractivity contribution in [2.24, 2.45) is 0 Å². The minimum Gasteiger partial charge on any atom is -0.396 e. The summed E-state index contributed by atoms with van der Waals surface area (Å²) in [7, 11) is 0. The Labute approximate surface area is 90.7 Å². The van der Waals surface area contributed by atoms with Gasteiger partial charge in [0.2, 0.25) is 0 Å². The molecule has 0 aliphatic carbocycles. The molecule has 4 heteroatoms. The van der Waals surface area contributed by atoms with E-state index in [1.165, 1.54) is 0 Å². The monoisotopic (exact) mass is 212 g/mol. The first-order valence-corrected chi connectivity index (χ1v) is 5.45. The molecule has 1 aromatic heterocycles. The topological polar surface area (TPSA) is 58.3 Å². The Balaban J connectivity index is 2.48. The van der Waals surface area contributed by atoms with Crippen molar-refractivity contribution in [1.29, 1.82) is 0 Å². The Morgan fingerprint density at radius 1 is 1.47 bits per heavy atom. The predicted molar refractivity (Wildman–Crippen MR) is 58.6 cm³/mol. The molecule has 0 aliphatic heterocycles. The van der Waals surface area contributed by atoms with Crippen LogP contribution in [-0.2, 0) is 6.54 Å². The zero-order valence-corrected chi connectivity index (χ0v) is 9.71. The van der Waals surface area contributed by atoms with Gasteiger partial charge in [0.1, 0.15) is 5.76 Å². The molecule has 0 aromatic carbocycles. The van der Waals surface area contributed by atoms with Crippen LogP contribution in [-0.4, -0.2) is 22.9 Å². The van der Waals surface area contributed by atoms with Crippen LogP contribution in [0.5, 0.6) is 0 Å². The normalized spacial score (nSPS) is 13.1. The number of aryl methyl sites for hydroxylation is 2. The number of nitrogens with zero attached hydrogens (tertiary/aromatic N) is 1. The van der Waals surface area contributed by atoms with Gasteiger partial charge in [0, 0.05) is 24.8 Å². The molecule has 4 nitrogen and oxygen atoms in total. The number of aromatic nitrogens is 1. The molecule has 0 fully saturated rings. The van der Waals surface area contributed by atoms with Gasteiger partial charge in [-0.1, -0.05) is 12.1 Å². The van der Waals surface area contributed by atoms with Crippen molar-refractivity contribution in [3.05, 3.63) is 17.0 Å². The molecule has 2 N–H and O–H groups in total. The zero-order valence-electron chi connectivity index (χ0n) is 9.71. The van der Waals surface area contributed by atoms with Crippen molar-refractivity contribution in [1.82, 2.24) is 10.5 Å². The van der Waals surface area contributed by atoms with Gasteiger partial charge in [-0.05, 0) is 26.7 Å². The largest absolute Gasteiger partial charge is 0.396 e. The molecule has 1 unspecified atom stereocenters. The number of aliphatic hydroxyl groups excluding tert-OH is 1. The van der Waals surface area contributed by atoms with Crippen molar-refractivity contribution in [3.63, 3.8) is 0 Å². The first kappa shape index (κ1) is 12.2. The summed E-state index contributed by atoms with van der Waals surface area (Å²) < 4.78 is 5.08. The fourth-order valence-corrected chi connectivity index (χ4v) is 1.61. The van der Waals surface area contributed by atoms with Crippen molar-refractivity contribution in [3.8, 4) is 0 Å². The first-order chi connectivity index (χ1) is 7.19. The zero-order chi connectivity index (χ0) is 11.3. The molecule has 0 amide bonds. The van der Waals surface area contributed by atoms with E-state index in [1.54, 1.807) is 0 Å². The van der Waals surface area contributed by atoms with E-state index in [-0.39, 0.29) is 6.61 Å². The van der Waals surface area contributed by atoms with Gasteiger partial charge in [-0.15, -0.1) is 0 Å². The van der Waals surface area contributed by atoms with Gasteiger partial charge in [-0.2, -0.15) is 0 Å². The van der Waals surface area contributed by atoms with Crippen molar-refractivity contribution < 1.29 is 9.63 Å². The highest BCUT2D eigenvalue weighted by Crippen LogP contribution is 2.12. The Bertz CT molecular complexity index is 277. The lowest BCUT2D eigenvalue weighted by Crippen LogP contribution is -2.29. The molecule has 0 spiro atoms. The summed E-state index contributed by atoms with van der Waals surface area (Å²) in [5.41, 5.74) is 2.07. The molecule has 1 heterocycles. The second-order valence-corrected chi connectivity index (χ2v) is 3.80. The van der Waals surface area contributed by atoms with Crippen LogP contribution in [0.4, 0.5) is 0 Å². The third-order valence-corrected chi connectivity index (χ3v) is 2.72. The SMILES string of the molecule is CCC(CCO)NCc1c(C)noc1C. The Hall–Kier alpha value is -0.870. The van der Waals surface area contributed by atoms with Crippen LogP contribution < -0.4 is 5.32 Å². The smallest absolute Gasteiger partial charge is 0.138 e. The van der Waals surface area contributed by atoms with Crippen molar-refractivity contribution in [2.75, 3.05) is 6.61 Å². The second-order valence-electron chi connectivity index (χ2n) is 3.80. The highest BCUT2D eigenvalue weighted by molar-refractivity contribution is 5.20. The van der Waals surface area contributed by atoms with Gasteiger partial charge < -0.3 is 14.9 Å². The summed E-state index contributed by atoms with van der Waals surface area (Å²) in [6.07, 6.45) is 1.81. The summed E-state index contributed by atoms with van der Waals surface area (Å²) >= 11 is 0. The van der Waals surface area contributed by atoms with E-state index in [4.69, 9.17) is 9.63 Å². The molecule has 0 bridgehead atoms. The van der Waals surface area contributed by atoms with E-state index >= 15 is 0 Å². The lowest BCUT2D eigenvalue weighted by molar-refractivity contribution is 0.262. The molecule has 0 aliphatic rings. The molecule has 1 aromatic rings.